The zero-order valence-corrected chi connectivity index (χ0v) is 16.7. The maximum absolute atomic E-state index is 6.14. The van der Waals surface area contributed by atoms with Crippen molar-refractivity contribution in [2.75, 3.05) is 11.9 Å². The van der Waals surface area contributed by atoms with Crippen LogP contribution < -0.4 is 5.32 Å². The number of halogens is 1. The molecule has 1 N–H and O–H groups in total. The van der Waals surface area contributed by atoms with Gasteiger partial charge >= 0.3 is 0 Å². The van der Waals surface area contributed by atoms with Gasteiger partial charge in [0.15, 0.2) is 0 Å². The molecule has 140 valence electrons. The van der Waals surface area contributed by atoms with Crippen LogP contribution in [0, 0.1) is 6.92 Å². The van der Waals surface area contributed by atoms with Crippen molar-refractivity contribution in [2.24, 2.45) is 0 Å². The monoisotopic (exact) mass is 386 g/mol. The van der Waals surface area contributed by atoms with Crippen LogP contribution in [0.2, 0.25) is 5.02 Å². The number of hydrogen-bond acceptors (Lipinski definition) is 2. The summed E-state index contributed by atoms with van der Waals surface area (Å²) in [6.07, 6.45) is 0.988. The molecule has 0 aliphatic rings. The summed E-state index contributed by atoms with van der Waals surface area (Å²) < 4.78 is 0. The van der Waals surface area contributed by atoms with Crippen LogP contribution in [0.15, 0.2) is 84.9 Å². The van der Waals surface area contributed by atoms with E-state index in [1.807, 2.05) is 18.2 Å². The highest BCUT2D eigenvalue weighted by Crippen LogP contribution is 2.28. The second-order valence-electron chi connectivity index (χ2n) is 7.08. The van der Waals surface area contributed by atoms with Gasteiger partial charge in [0.05, 0.1) is 5.52 Å². The summed E-state index contributed by atoms with van der Waals surface area (Å²) in [7, 11) is 0. The molecule has 0 amide bonds. The van der Waals surface area contributed by atoms with E-state index in [4.69, 9.17) is 16.6 Å². The number of nitrogens with zero attached hydrogens (tertiary/aromatic N) is 1. The Bertz CT molecular complexity index is 1020. The predicted molar refractivity (Wildman–Crippen MR) is 119 cm³/mol. The first-order valence-corrected chi connectivity index (χ1v) is 9.99. The summed E-state index contributed by atoms with van der Waals surface area (Å²) in [4.78, 5) is 4.74. The number of fused-ring (bicyclic) bond motifs is 1. The minimum absolute atomic E-state index is 0.353. The number of anilines is 1. The minimum atomic E-state index is 0.353. The van der Waals surface area contributed by atoms with Crippen LogP contribution >= 0.6 is 11.6 Å². The molecule has 4 aromatic rings. The van der Waals surface area contributed by atoms with Gasteiger partial charge in [-0.25, -0.2) is 4.98 Å². The summed E-state index contributed by atoms with van der Waals surface area (Å²) >= 11 is 6.14. The highest BCUT2D eigenvalue weighted by Gasteiger charge is 2.13. The number of rotatable bonds is 6. The predicted octanol–water partition coefficient (Wildman–Crippen LogP) is 6.83. The van der Waals surface area contributed by atoms with Gasteiger partial charge in [-0.15, -0.1) is 0 Å². The highest BCUT2D eigenvalue weighted by atomic mass is 35.5. The summed E-state index contributed by atoms with van der Waals surface area (Å²) in [5.41, 5.74) is 4.80. The molecular formula is C25H23ClN2. The molecule has 0 aliphatic heterocycles. The van der Waals surface area contributed by atoms with Crippen LogP contribution in [0.3, 0.4) is 0 Å². The number of aromatic nitrogens is 1. The van der Waals surface area contributed by atoms with Crippen LogP contribution in [-0.4, -0.2) is 11.5 Å². The quantitative estimate of drug-likeness (QED) is 0.392. The van der Waals surface area contributed by atoms with E-state index in [-0.39, 0.29) is 0 Å². The van der Waals surface area contributed by atoms with E-state index in [2.05, 4.69) is 79.0 Å². The normalized spacial score (nSPS) is 11.1. The Morgan fingerprint density at radius 2 is 1.50 bits per heavy atom. The lowest BCUT2D eigenvalue weighted by molar-refractivity contribution is 0.743. The van der Waals surface area contributed by atoms with E-state index in [1.165, 1.54) is 16.7 Å². The van der Waals surface area contributed by atoms with Crippen molar-refractivity contribution in [1.82, 2.24) is 4.98 Å². The van der Waals surface area contributed by atoms with Crippen LogP contribution in [0.5, 0.6) is 0 Å². The molecule has 0 saturated carbocycles. The molecule has 3 heteroatoms. The molecule has 0 radical (unpaired) electrons. The Kier molecular flexibility index (Phi) is 5.59. The van der Waals surface area contributed by atoms with Gasteiger partial charge in [-0.05, 0) is 48.2 Å². The van der Waals surface area contributed by atoms with Gasteiger partial charge in [0.1, 0.15) is 5.82 Å². The first-order chi connectivity index (χ1) is 13.7. The van der Waals surface area contributed by atoms with Crippen LogP contribution in [0.25, 0.3) is 10.9 Å². The minimum Gasteiger partial charge on any atom is -0.370 e. The number of benzene rings is 3. The fraction of sp³-hybridized carbons (Fsp3) is 0.160. The molecule has 4 rings (SSSR count). The third-order valence-corrected chi connectivity index (χ3v) is 5.36. The Morgan fingerprint density at radius 1 is 0.857 bits per heavy atom. The van der Waals surface area contributed by atoms with E-state index >= 15 is 0 Å². The Balaban J connectivity index is 1.53. The van der Waals surface area contributed by atoms with E-state index in [0.29, 0.717) is 10.9 Å². The number of hydrogen-bond donors (Lipinski definition) is 1. The maximum Gasteiger partial charge on any atom is 0.126 e. The lowest BCUT2D eigenvalue weighted by Gasteiger charge is -2.19. The highest BCUT2D eigenvalue weighted by molar-refractivity contribution is 6.31. The summed E-state index contributed by atoms with van der Waals surface area (Å²) in [6.45, 7) is 2.95. The number of nitrogens with one attached hydrogen (secondary N) is 1. The van der Waals surface area contributed by atoms with Crippen LogP contribution in [-0.2, 0) is 0 Å². The third kappa shape index (κ3) is 4.18. The van der Waals surface area contributed by atoms with Gasteiger partial charge in [0, 0.05) is 22.9 Å². The average molecular weight is 387 g/mol. The van der Waals surface area contributed by atoms with Gasteiger partial charge in [0.2, 0.25) is 0 Å². The second kappa shape index (κ2) is 8.45. The van der Waals surface area contributed by atoms with E-state index in [0.717, 1.165) is 29.7 Å². The zero-order valence-electron chi connectivity index (χ0n) is 15.9. The maximum atomic E-state index is 6.14. The fourth-order valence-corrected chi connectivity index (χ4v) is 3.87. The third-order valence-electron chi connectivity index (χ3n) is 5.12. The Hall–Kier alpha value is -2.84. The van der Waals surface area contributed by atoms with Crippen molar-refractivity contribution in [3.8, 4) is 0 Å². The van der Waals surface area contributed by atoms with Crippen LogP contribution in [0.4, 0.5) is 5.82 Å². The summed E-state index contributed by atoms with van der Waals surface area (Å²) in [5.74, 6) is 1.25. The molecule has 3 aromatic carbocycles. The van der Waals surface area contributed by atoms with Gasteiger partial charge in [-0.2, -0.15) is 0 Å². The van der Waals surface area contributed by atoms with Crippen molar-refractivity contribution in [3.63, 3.8) is 0 Å². The van der Waals surface area contributed by atoms with Crippen molar-refractivity contribution in [1.29, 1.82) is 0 Å². The molecule has 2 nitrogen and oxygen atoms in total. The van der Waals surface area contributed by atoms with Crippen molar-refractivity contribution >= 4 is 28.3 Å². The average Bonchev–Trinajstić information content (AvgIpc) is 2.72. The Labute approximate surface area is 171 Å². The van der Waals surface area contributed by atoms with Gasteiger partial charge in [-0.3, -0.25) is 0 Å². The van der Waals surface area contributed by atoms with Crippen molar-refractivity contribution in [3.05, 3.63) is 107 Å². The molecule has 1 heterocycles. The Morgan fingerprint density at radius 3 is 2.14 bits per heavy atom. The number of pyridine rings is 1. The zero-order chi connectivity index (χ0) is 19.3. The molecule has 1 aromatic heterocycles. The van der Waals surface area contributed by atoms with Gasteiger partial charge in [-0.1, -0.05) is 78.3 Å². The molecule has 0 spiro atoms. The SMILES string of the molecule is Cc1cc(NCCC(c2ccccc2)c2ccccc2)nc2cc(Cl)ccc12. The van der Waals surface area contributed by atoms with Crippen LogP contribution in [0.1, 0.15) is 29.0 Å². The largest absolute Gasteiger partial charge is 0.370 e. The van der Waals surface area contributed by atoms with E-state index < -0.39 is 0 Å². The van der Waals surface area contributed by atoms with Gasteiger partial charge < -0.3 is 5.32 Å². The van der Waals surface area contributed by atoms with E-state index in [1.54, 1.807) is 0 Å². The lowest BCUT2D eigenvalue weighted by atomic mass is 9.88. The molecule has 0 aliphatic carbocycles. The number of aryl methyl sites for hydroxylation is 1. The molecular weight excluding hydrogens is 364 g/mol. The molecule has 0 bridgehead atoms. The molecule has 28 heavy (non-hydrogen) atoms. The second-order valence-corrected chi connectivity index (χ2v) is 7.51. The first-order valence-electron chi connectivity index (χ1n) is 9.61. The first kappa shape index (κ1) is 18.5. The summed E-state index contributed by atoms with van der Waals surface area (Å²) in [6, 6.07) is 29.4. The molecule has 0 unspecified atom stereocenters. The molecule has 0 fully saturated rings. The smallest absolute Gasteiger partial charge is 0.126 e. The fourth-order valence-electron chi connectivity index (χ4n) is 3.71. The van der Waals surface area contributed by atoms with E-state index in [9.17, 15) is 0 Å². The molecule has 0 atom stereocenters. The van der Waals surface area contributed by atoms with Crippen molar-refractivity contribution < 1.29 is 0 Å². The van der Waals surface area contributed by atoms with Crippen molar-refractivity contribution in [2.45, 2.75) is 19.3 Å². The molecule has 0 saturated heterocycles. The topological polar surface area (TPSA) is 24.9 Å². The lowest BCUT2D eigenvalue weighted by Crippen LogP contribution is -2.10. The standard InChI is InChI=1S/C25H23ClN2/c1-18-16-25(28-24-17-21(26)12-13-22(18)24)27-15-14-23(19-8-4-2-5-9-19)20-10-6-3-7-11-20/h2-13,16-17,23H,14-15H2,1H3,(H,27,28). The summed E-state index contributed by atoms with van der Waals surface area (Å²) in [5, 5.41) is 5.37. The van der Waals surface area contributed by atoms with Gasteiger partial charge in [0.25, 0.3) is 0 Å².